The normalized spacial score (nSPS) is 32.4. The number of carbonyl (C=O) groups excluding carboxylic acids is 4. The average Bonchev–Trinajstić information content (AvgIpc) is 1.83. The number of hydrogen-bond donors (Lipinski definition) is 13. The first-order valence-corrected chi connectivity index (χ1v) is 27.2. The maximum Gasteiger partial charge on any atom is 0.338 e. The molecule has 4 saturated heterocycles. The summed E-state index contributed by atoms with van der Waals surface area (Å²) in [5.74, 6) is -7.92. The smallest absolute Gasteiger partial charge is 0.338 e. The van der Waals surface area contributed by atoms with Crippen molar-refractivity contribution >= 4 is 42.1 Å². The summed E-state index contributed by atoms with van der Waals surface area (Å²) in [6.45, 7) is -5.37. The van der Waals surface area contributed by atoms with Gasteiger partial charge in [0.25, 0.3) is 0 Å². The zero-order valence-corrected chi connectivity index (χ0v) is 46.5. The van der Waals surface area contributed by atoms with Gasteiger partial charge in [-0.05, 0) is 83.4 Å². The van der Waals surface area contributed by atoms with Crippen LogP contribution in [0.5, 0.6) is 23.0 Å². The van der Waals surface area contributed by atoms with Gasteiger partial charge in [-0.2, -0.15) is 0 Å². The summed E-state index contributed by atoms with van der Waals surface area (Å²) in [7, 11) is 1.27. The summed E-state index contributed by atoms with van der Waals surface area (Å²) in [4.78, 5) is 54.7. The van der Waals surface area contributed by atoms with Gasteiger partial charge in [0.05, 0.1) is 32.5 Å². The molecule has 4 aromatic carbocycles. The van der Waals surface area contributed by atoms with Crippen molar-refractivity contribution in [1.29, 1.82) is 0 Å². The first-order chi connectivity index (χ1) is 42.1. The highest BCUT2D eigenvalue weighted by molar-refractivity contribution is 5.90. The van der Waals surface area contributed by atoms with Crippen molar-refractivity contribution in [2.45, 2.75) is 116 Å². The van der Waals surface area contributed by atoms with E-state index in [4.69, 9.17) is 56.8 Å². The Balaban J connectivity index is 1.22. The Hall–Kier alpha value is -7.50. The third-order valence-corrected chi connectivity index (χ3v) is 14.4. The predicted octanol–water partition coefficient (Wildman–Crippen LogP) is -1.96. The Morgan fingerprint density at radius 3 is 1.60 bits per heavy atom. The minimum Gasteiger partial charge on any atom is -0.508 e. The molecule has 0 aromatic heterocycles. The Bertz CT molecular complexity index is 3050. The van der Waals surface area contributed by atoms with Crippen LogP contribution in [0.15, 0.2) is 115 Å². The minimum absolute atomic E-state index is 0.000388. The number of benzene rings is 4. The van der Waals surface area contributed by atoms with Gasteiger partial charge in [0, 0.05) is 18.2 Å². The molecular weight excluding hydrogens is 1170 g/mol. The summed E-state index contributed by atoms with van der Waals surface area (Å²) in [5, 5.41) is 141. The van der Waals surface area contributed by atoms with Crippen LogP contribution < -0.4 is 4.74 Å². The van der Waals surface area contributed by atoms with Gasteiger partial charge in [0.15, 0.2) is 42.6 Å². The van der Waals surface area contributed by atoms with Crippen LogP contribution >= 0.6 is 0 Å². The van der Waals surface area contributed by atoms with E-state index >= 15 is 0 Å². The fourth-order valence-electron chi connectivity index (χ4n) is 9.64. The minimum atomic E-state index is -2.92. The molecule has 88 heavy (non-hydrogen) atoms. The predicted molar refractivity (Wildman–Crippen MR) is 293 cm³/mol. The van der Waals surface area contributed by atoms with E-state index in [2.05, 4.69) is 0 Å². The Morgan fingerprint density at radius 1 is 0.511 bits per heavy atom. The van der Waals surface area contributed by atoms with Crippen molar-refractivity contribution in [2.24, 2.45) is 0 Å². The number of phenols is 3. The molecule has 19 atom stereocenters. The van der Waals surface area contributed by atoms with E-state index in [1.165, 1.54) is 116 Å². The molecular formula is C59H66O29. The van der Waals surface area contributed by atoms with Crippen LogP contribution in [0, 0.1) is 0 Å². The van der Waals surface area contributed by atoms with E-state index in [0.29, 0.717) is 11.1 Å². The molecule has 476 valence electrons. The largest absolute Gasteiger partial charge is 0.508 e. The molecule has 0 amide bonds. The second kappa shape index (κ2) is 30.1. The van der Waals surface area contributed by atoms with Crippen LogP contribution in [0.25, 0.3) is 18.2 Å². The molecule has 0 bridgehead atoms. The Kier molecular flexibility index (Phi) is 22.8. The highest BCUT2D eigenvalue weighted by atomic mass is 16.8. The first-order valence-electron chi connectivity index (χ1n) is 27.2. The zero-order valence-electron chi connectivity index (χ0n) is 46.5. The number of rotatable bonds is 23. The fourth-order valence-corrected chi connectivity index (χ4v) is 9.64. The van der Waals surface area contributed by atoms with Gasteiger partial charge in [-0.25, -0.2) is 19.2 Å². The molecule has 4 aliphatic heterocycles. The summed E-state index contributed by atoms with van der Waals surface area (Å²) >= 11 is 0. The number of methoxy groups -OCH3 is 1. The van der Waals surface area contributed by atoms with Crippen molar-refractivity contribution in [2.75, 3.05) is 40.1 Å². The van der Waals surface area contributed by atoms with Crippen LogP contribution in [0.1, 0.15) is 27.0 Å². The third kappa shape index (κ3) is 16.0. The molecule has 0 spiro atoms. The van der Waals surface area contributed by atoms with E-state index in [-0.39, 0.29) is 34.1 Å². The Morgan fingerprint density at radius 2 is 1.02 bits per heavy atom. The molecule has 0 saturated carbocycles. The number of hydrogen-bond acceptors (Lipinski definition) is 29. The van der Waals surface area contributed by atoms with Gasteiger partial charge in [0.2, 0.25) is 5.79 Å². The van der Waals surface area contributed by atoms with Crippen LogP contribution in [0.2, 0.25) is 0 Å². The topological polar surface area (TPSA) is 442 Å². The first kappa shape index (κ1) is 66.5. The molecule has 8 rings (SSSR count). The summed E-state index contributed by atoms with van der Waals surface area (Å²) in [5.41, 5.74) is 0.992. The van der Waals surface area contributed by atoms with E-state index < -0.39 is 173 Å². The van der Waals surface area contributed by atoms with Gasteiger partial charge >= 0.3 is 23.9 Å². The van der Waals surface area contributed by atoms with Crippen molar-refractivity contribution in [3.8, 4) is 23.0 Å². The average molecular weight is 1240 g/mol. The molecule has 0 radical (unpaired) electrons. The molecule has 29 nitrogen and oxygen atoms in total. The standard InChI is InChI=1S/C59H66O29/c1-77-36-23-31(11-19-35(36)65)14-22-43(68)83-51-39(26-62)81-58(88-59(28-79-42(67)21-13-30-9-17-34(64)18-10-30)54(46(71)38(25-61)87-59)86-55(76)32-5-3-2-4-6-32)53(85-56-49(74)47(72)44(69)37(24-60)80-56)52(51)84-57-50(75)48(73)45(70)40(82-57)27-78-41(66)20-12-29-7-15-33(63)16-8-29/h2-23,37-40,44-54,56-58,60-65,69-75H,24-28H2,1H3/t37-,38-,39-,40-,44-,45-,46-,47+,48+,49-,50-,51-,52+,53-,54+,56+,57+,58-,59+/m1/s1. The van der Waals surface area contributed by atoms with Crippen LogP contribution in [0.3, 0.4) is 0 Å². The van der Waals surface area contributed by atoms with E-state index in [9.17, 15) is 85.6 Å². The van der Waals surface area contributed by atoms with E-state index in [1.54, 1.807) is 6.07 Å². The summed E-state index contributed by atoms with van der Waals surface area (Å²) in [6, 6.07) is 22.3. The number of carbonyl (C=O) groups is 4. The van der Waals surface area contributed by atoms with Gasteiger partial charge in [-0.3, -0.25) is 0 Å². The SMILES string of the molecule is COc1cc(C=CC(=O)O[C@H]2[C@H](O[C@@H]3O[C@H](COC(=O)C=Cc4ccc(O)cc4)[C@@H](O)[C@H](O)[C@H]3O)[C@@H](O[C@@H]3O[C@H](CO)[C@@H](O)[C@H](O)[C@H]3O)[C@@H](O[C@]3(COC(=O)C=Cc4ccc(O)cc4)O[C@H](CO)[C@@H](O)[C@@H]3OC(=O)c3ccccc3)O[C@@H]2CO)ccc1O. The second-order valence-electron chi connectivity index (χ2n) is 20.3. The number of aliphatic hydroxyl groups excluding tert-OH is 10. The molecule has 13 N–H and O–H groups in total. The highest BCUT2D eigenvalue weighted by Crippen LogP contribution is 2.42. The van der Waals surface area contributed by atoms with Crippen molar-refractivity contribution in [1.82, 2.24) is 0 Å². The second-order valence-corrected chi connectivity index (χ2v) is 20.3. The van der Waals surface area contributed by atoms with Crippen molar-refractivity contribution < 1.29 is 142 Å². The maximum atomic E-state index is 14.1. The van der Waals surface area contributed by atoms with E-state index in [1.807, 2.05) is 0 Å². The monoisotopic (exact) mass is 1240 g/mol. The molecule has 4 aliphatic rings. The van der Waals surface area contributed by atoms with Gasteiger partial charge in [0.1, 0.15) is 104 Å². The van der Waals surface area contributed by atoms with Crippen molar-refractivity contribution in [3.63, 3.8) is 0 Å². The Labute approximate surface area is 500 Å². The lowest BCUT2D eigenvalue weighted by molar-refractivity contribution is -0.421. The number of esters is 4. The van der Waals surface area contributed by atoms with Gasteiger partial charge < -0.3 is 123 Å². The molecule has 0 unspecified atom stereocenters. The highest BCUT2D eigenvalue weighted by Gasteiger charge is 2.64. The summed E-state index contributed by atoms with van der Waals surface area (Å²) < 4.78 is 71.3. The maximum absolute atomic E-state index is 14.1. The van der Waals surface area contributed by atoms with Crippen LogP contribution in [0.4, 0.5) is 0 Å². The molecule has 4 fully saturated rings. The number of ether oxygens (including phenoxy) is 12. The molecule has 4 heterocycles. The van der Waals surface area contributed by atoms with Gasteiger partial charge in [-0.1, -0.05) is 48.5 Å². The lowest BCUT2D eigenvalue weighted by Gasteiger charge is -2.50. The van der Waals surface area contributed by atoms with Crippen LogP contribution in [-0.4, -0.2) is 247 Å². The van der Waals surface area contributed by atoms with E-state index in [0.717, 1.165) is 18.2 Å². The zero-order chi connectivity index (χ0) is 63.4. The lowest BCUT2D eigenvalue weighted by Crippen LogP contribution is -2.69. The fraction of sp³-hybridized carbons (Fsp3) is 0.424. The summed E-state index contributed by atoms with van der Waals surface area (Å²) in [6.07, 6.45) is -31.7. The number of phenolic OH excluding ortho intramolecular Hbond substituents is 3. The number of aromatic hydroxyl groups is 3. The van der Waals surface area contributed by atoms with Gasteiger partial charge in [-0.15, -0.1) is 0 Å². The van der Waals surface area contributed by atoms with Crippen LogP contribution in [-0.2, 0) is 66.5 Å². The lowest BCUT2D eigenvalue weighted by atomic mass is 9.95. The molecule has 0 aliphatic carbocycles. The van der Waals surface area contributed by atoms with Crippen molar-refractivity contribution in [3.05, 3.63) is 138 Å². The third-order valence-electron chi connectivity index (χ3n) is 14.4. The quantitative estimate of drug-likeness (QED) is 0.0218. The molecule has 29 heteroatoms. The molecule has 4 aromatic rings. The number of aliphatic hydroxyl groups is 10.